The van der Waals surface area contributed by atoms with Crippen molar-refractivity contribution in [3.63, 3.8) is 0 Å². The van der Waals surface area contributed by atoms with Crippen molar-refractivity contribution >= 4 is 23.8 Å². The molecule has 4 aromatic rings. The molecule has 0 spiro atoms. The van der Waals surface area contributed by atoms with E-state index < -0.39 is 0 Å². The first-order valence-corrected chi connectivity index (χ1v) is 12.9. The number of ether oxygens (including phenoxy) is 2. The lowest BCUT2D eigenvalue weighted by atomic mass is 10.1. The number of hydrogen-bond acceptors (Lipinski definition) is 4. The van der Waals surface area contributed by atoms with E-state index in [1.54, 1.807) is 0 Å². The molecule has 4 rings (SSSR count). The summed E-state index contributed by atoms with van der Waals surface area (Å²) in [5.41, 5.74) is 6.65. The van der Waals surface area contributed by atoms with Crippen molar-refractivity contribution in [1.29, 1.82) is 0 Å². The molecule has 0 saturated carbocycles. The van der Waals surface area contributed by atoms with Crippen LogP contribution in [0, 0.1) is 0 Å². The summed E-state index contributed by atoms with van der Waals surface area (Å²) in [6, 6.07) is 32.6. The molecule has 0 radical (unpaired) electrons. The summed E-state index contributed by atoms with van der Waals surface area (Å²) < 4.78 is 11.7. The van der Waals surface area contributed by atoms with E-state index in [0.717, 1.165) is 53.3 Å². The van der Waals surface area contributed by atoms with Gasteiger partial charge in [-0.15, -0.1) is 0 Å². The molecule has 0 saturated heterocycles. The zero-order valence-electron chi connectivity index (χ0n) is 21.6. The van der Waals surface area contributed by atoms with E-state index in [-0.39, 0.29) is 0 Å². The molecular formula is C33H34N2O2. The average molecular weight is 491 g/mol. The highest BCUT2D eigenvalue weighted by molar-refractivity contribution is 5.82. The van der Waals surface area contributed by atoms with Crippen LogP contribution in [0.4, 0.5) is 11.4 Å². The van der Waals surface area contributed by atoms with E-state index in [4.69, 9.17) is 9.47 Å². The van der Waals surface area contributed by atoms with Crippen LogP contribution in [-0.2, 0) is 12.8 Å². The molecule has 4 nitrogen and oxygen atoms in total. The van der Waals surface area contributed by atoms with E-state index in [0.29, 0.717) is 13.2 Å². The maximum Gasteiger partial charge on any atom is 0.119 e. The van der Waals surface area contributed by atoms with Gasteiger partial charge in [0.1, 0.15) is 11.5 Å². The first-order chi connectivity index (χ1) is 18.2. The lowest BCUT2D eigenvalue weighted by Crippen LogP contribution is -2.04. The third-order valence-electron chi connectivity index (χ3n) is 6.00. The Labute approximate surface area is 220 Å². The second-order valence-corrected chi connectivity index (χ2v) is 8.74. The Kier molecular flexibility index (Phi) is 9.65. The molecule has 0 aliphatic heterocycles. The minimum atomic E-state index is 0.589. The zero-order chi connectivity index (χ0) is 25.7. The first kappa shape index (κ1) is 25.9. The first-order valence-electron chi connectivity index (χ1n) is 12.9. The van der Waals surface area contributed by atoms with Crippen LogP contribution in [0.2, 0.25) is 0 Å². The van der Waals surface area contributed by atoms with E-state index in [2.05, 4.69) is 72.4 Å². The summed E-state index contributed by atoms with van der Waals surface area (Å²) >= 11 is 0. The van der Waals surface area contributed by atoms with Gasteiger partial charge < -0.3 is 9.47 Å². The molecule has 4 heteroatoms. The van der Waals surface area contributed by atoms with Gasteiger partial charge in [0.2, 0.25) is 0 Å². The van der Waals surface area contributed by atoms with Gasteiger partial charge in [0.25, 0.3) is 0 Å². The standard InChI is InChI=1S/C33H34N2O2/c1-3-26-6-10-28(11-7-26)24-34-30-14-18-32(19-15-30)36-22-5-23-37-33-20-16-31(17-21-33)35-25-29-12-8-27(4-2)9-13-29/h6-21,24-25H,3-5,22-23H2,1-2H3. The lowest BCUT2D eigenvalue weighted by Gasteiger charge is -2.08. The van der Waals surface area contributed by atoms with Crippen LogP contribution in [0.5, 0.6) is 11.5 Å². The molecule has 0 unspecified atom stereocenters. The molecule has 0 aromatic heterocycles. The zero-order valence-corrected chi connectivity index (χ0v) is 21.6. The molecule has 0 amide bonds. The number of hydrogen-bond donors (Lipinski definition) is 0. The molecule has 4 aromatic carbocycles. The van der Waals surface area contributed by atoms with Gasteiger partial charge in [-0.2, -0.15) is 0 Å². The monoisotopic (exact) mass is 490 g/mol. The molecular weight excluding hydrogens is 456 g/mol. The van der Waals surface area contributed by atoms with Gasteiger partial charge in [-0.1, -0.05) is 62.4 Å². The summed E-state index contributed by atoms with van der Waals surface area (Å²) in [7, 11) is 0. The van der Waals surface area contributed by atoms with Crippen LogP contribution >= 0.6 is 0 Å². The lowest BCUT2D eigenvalue weighted by molar-refractivity contribution is 0.247. The van der Waals surface area contributed by atoms with E-state index in [1.807, 2.05) is 61.0 Å². The summed E-state index contributed by atoms with van der Waals surface area (Å²) in [6.45, 7) is 5.49. The van der Waals surface area contributed by atoms with Gasteiger partial charge in [0, 0.05) is 18.9 Å². The number of benzene rings is 4. The van der Waals surface area contributed by atoms with Crippen LogP contribution in [0.25, 0.3) is 0 Å². The van der Waals surface area contributed by atoms with E-state index >= 15 is 0 Å². The highest BCUT2D eigenvalue weighted by Crippen LogP contribution is 2.20. The maximum absolute atomic E-state index is 5.84. The van der Waals surface area contributed by atoms with Crippen LogP contribution in [0.3, 0.4) is 0 Å². The van der Waals surface area contributed by atoms with Gasteiger partial charge >= 0.3 is 0 Å². The van der Waals surface area contributed by atoms with Crippen molar-refractivity contribution in [2.75, 3.05) is 13.2 Å². The molecule has 0 N–H and O–H groups in total. The van der Waals surface area contributed by atoms with Crippen molar-refractivity contribution in [2.45, 2.75) is 33.1 Å². The van der Waals surface area contributed by atoms with Gasteiger partial charge in [0.15, 0.2) is 0 Å². The van der Waals surface area contributed by atoms with Crippen molar-refractivity contribution in [2.24, 2.45) is 9.98 Å². The van der Waals surface area contributed by atoms with Crippen LogP contribution in [-0.4, -0.2) is 25.6 Å². The SMILES string of the molecule is CCc1ccc(C=Nc2ccc(OCCCOc3ccc(N=Cc4ccc(CC)cc4)cc3)cc2)cc1. The predicted octanol–water partition coefficient (Wildman–Crippen LogP) is 8.16. The summed E-state index contributed by atoms with van der Waals surface area (Å²) in [4.78, 5) is 9.09. The Morgan fingerprint density at radius 3 is 1.24 bits per heavy atom. The van der Waals surface area contributed by atoms with E-state index in [9.17, 15) is 0 Å². The fourth-order valence-electron chi connectivity index (χ4n) is 3.67. The normalized spacial score (nSPS) is 11.3. The number of nitrogens with zero attached hydrogens (tertiary/aromatic N) is 2. The van der Waals surface area contributed by atoms with Gasteiger partial charge in [-0.25, -0.2) is 0 Å². The Bertz CT molecular complexity index is 1170. The molecule has 188 valence electrons. The molecule has 0 bridgehead atoms. The third kappa shape index (κ3) is 8.46. The Morgan fingerprint density at radius 1 is 0.514 bits per heavy atom. The number of aryl methyl sites for hydroxylation is 2. The van der Waals surface area contributed by atoms with Crippen molar-refractivity contribution in [3.8, 4) is 11.5 Å². The quantitative estimate of drug-likeness (QED) is 0.148. The topological polar surface area (TPSA) is 43.2 Å². The fourth-order valence-corrected chi connectivity index (χ4v) is 3.67. The minimum absolute atomic E-state index is 0.589. The van der Waals surface area contributed by atoms with Crippen LogP contribution in [0.15, 0.2) is 107 Å². The van der Waals surface area contributed by atoms with Gasteiger partial charge in [0.05, 0.1) is 24.6 Å². The predicted molar refractivity (Wildman–Crippen MR) is 155 cm³/mol. The molecule has 0 aliphatic carbocycles. The maximum atomic E-state index is 5.84. The Morgan fingerprint density at radius 2 is 0.892 bits per heavy atom. The minimum Gasteiger partial charge on any atom is -0.493 e. The number of rotatable bonds is 12. The summed E-state index contributed by atoms with van der Waals surface area (Å²) in [5, 5.41) is 0. The Hall–Kier alpha value is -4.18. The molecule has 0 aliphatic rings. The molecule has 0 atom stereocenters. The largest absolute Gasteiger partial charge is 0.493 e. The smallest absolute Gasteiger partial charge is 0.119 e. The number of aliphatic imine (C=N–C) groups is 2. The average Bonchev–Trinajstić information content (AvgIpc) is 2.96. The van der Waals surface area contributed by atoms with E-state index in [1.165, 1.54) is 11.1 Å². The summed E-state index contributed by atoms with van der Waals surface area (Å²) in [6.07, 6.45) is 6.65. The fraction of sp³-hybridized carbons (Fsp3) is 0.212. The molecule has 37 heavy (non-hydrogen) atoms. The molecule has 0 heterocycles. The second-order valence-electron chi connectivity index (χ2n) is 8.74. The van der Waals surface area contributed by atoms with Gasteiger partial charge in [-0.3, -0.25) is 9.98 Å². The summed E-state index contributed by atoms with van der Waals surface area (Å²) in [5.74, 6) is 1.66. The molecule has 0 fully saturated rings. The van der Waals surface area contributed by atoms with Crippen molar-refractivity contribution < 1.29 is 9.47 Å². The van der Waals surface area contributed by atoms with Crippen LogP contribution in [0.1, 0.15) is 42.5 Å². The Balaban J connectivity index is 1.15. The van der Waals surface area contributed by atoms with Crippen molar-refractivity contribution in [1.82, 2.24) is 0 Å². The highest BCUT2D eigenvalue weighted by Gasteiger charge is 1.98. The van der Waals surface area contributed by atoms with Crippen molar-refractivity contribution in [3.05, 3.63) is 119 Å². The second kappa shape index (κ2) is 13.8. The highest BCUT2D eigenvalue weighted by atomic mass is 16.5. The van der Waals surface area contributed by atoms with Crippen LogP contribution < -0.4 is 9.47 Å². The third-order valence-corrected chi connectivity index (χ3v) is 6.00. The van der Waals surface area contributed by atoms with Gasteiger partial charge in [-0.05, 0) is 83.6 Å².